The molecule has 1 rings (SSSR count). The SMILES string of the molecule is CC1=P(C)(C)CC1. The normalized spacial score (nSPS) is 27.0. The molecule has 0 spiro atoms. The lowest BCUT2D eigenvalue weighted by atomic mass is 10.4. The summed E-state index contributed by atoms with van der Waals surface area (Å²) in [6.07, 6.45) is 2.93. The van der Waals surface area contributed by atoms with Crippen LogP contribution in [0.5, 0.6) is 0 Å². The molecule has 1 heteroatoms. The molecule has 0 aliphatic carbocycles. The van der Waals surface area contributed by atoms with E-state index in [4.69, 9.17) is 0 Å². The van der Waals surface area contributed by atoms with Crippen molar-refractivity contribution in [2.24, 2.45) is 0 Å². The van der Waals surface area contributed by atoms with Gasteiger partial charge in [-0.2, -0.15) is 0 Å². The van der Waals surface area contributed by atoms with Crippen molar-refractivity contribution in [1.82, 2.24) is 0 Å². The van der Waals surface area contributed by atoms with Crippen molar-refractivity contribution < 1.29 is 0 Å². The van der Waals surface area contributed by atoms with Gasteiger partial charge in [0, 0.05) is 0 Å². The van der Waals surface area contributed by atoms with Crippen LogP contribution in [-0.2, 0) is 0 Å². The van der Waals surface area contributed by atoms with E-state index in [9.17, 15) is 0 Å². The molecule has 0 aromatic carbocycles. The average Bonchev–Trinajstić information content (AvgIpc) is 1.63. The maximum Gasteiger partial charge on any atom is -0.0280 e. The molecule has 42 valence electrons. The summed E-state index contributed by atoms with van der Waals surface area (Å²) >= 11 is 0. The molecule has 1 aliphatic rings. The van der Waals surface area contributed by atoms with E-state index in [1.165, 1.54) is 12.6 Å². The van der Waals surface area contributed by atoms with Crippen molar-refractivity contribution in [2.75, 3.05) is 19.5 Å². The number of rotatable bonds is 0. The molecular formula is C6H13P. The van der Waals surface area contributed by atoms with Gasteiger partial charge in [0.2, 0.25) is 0 Å². The first-order chi connectivity index (χ1) is 3.13. The van der Waals surface area contributed by atoms with Crippen LogP contribution < -0.4 is 0 Å². The topological polar surface area (TPSA) is 0 Å². The fourth-order valence-electron chi connectivity index (χ4n) is 0.783. The van der Waals surface area contributed by atoms with E-state index in [2.05, 4.69) is 20.3 Å². The highest BCUT2D eigenvalue weighted by atomic mass is 31.2. The van der Waals surface area contributed by atoms with Crippen LogP contribution in [0.3, 0.4) is 0 Å². The van der Waals surface area contributed by atoms with Crippen LogP contribution in [0.1, 0.15) is 13.3 Å². The minimum Gasteiger partial charge on any atom is -0.112 e. The van der Waals surface area contributed by atoms with Crippen LogP contribution in [0.4, 0.5) is 0 Å². The van der Waals surface area contributed by atoms with Crippen molar-refractivity contribution >= 4 is 12.2 Å². The molecule has 0 unspecified atom stereocenters. The zero-order chi connectivity index (χ0) is 5.49. The Morgan fingerprint density at radius 2 is 1.86 bits per heavy atom. The molecule has 0 fully saturated rings. The van der Waals surface area contributed by atoms with Gasteiger partial charge in [0.15, 0.2) is 0 Å². The van der Waals surface area contributed by atoms with Crippen molar-refractivity contribution in [3.8, 4) is 0 Å². The Kier molecular flexibility index (Phi) is 1.08. The zero-order valence-corrected chi connectivity index (χ0v) is 6.26. The van der Waals surface area contributed by atoms with E-state index in [-0.39, 0.29) is 0 Å². The molecule has 0 amide bonds. The largest absolute Gasteiger partial charge is 0.112 e. The summed E-state index contributed by atoms with van der Waals surface area (Å²) in [4.78, 5) is 0. The van der Waals surface area contributed by atoms with Gasteiger partial charge in [-0.1, -0.05) is 5.29 Å². The average molecular weight is 116 g/mol. The Morgan fingerprint density at radius 3 is 1.86 bits per heavy atom. The molecular weight excluding hydrogens is 103 g/mol. The smallest absolute Gasteiger partial charge is 0.0280 e. The summed E-state index contributed by atoms with van der Waals surface area (Å²) in [6, 6.07) is 0. The van der Waals surface area contributed by atoms with E-state index < -0.39 is 6.89 Å². The molecule has 0 atom stereocenters. The van der Waals surface area contributed by atoms with E-state index >= 15 is 0 Å². The number of hydrogen-bond donors (Lipinski definition) is 0. The van der Waals surface area contributed by atoms with E-state index in [0.717, 1.165) is 0 Å². The Hall–Kier alpha value is 0.300. The second kappa shape index (κ2) is 1.39. The molecule has 0 N–H and O–H groups in total. The first kappa shape index (κ1) is 5.44. The first-order valence-corrected chi connectivity index (χ1v) is 5.66. The fraction of sp³-hybridized carbons (Fsp3) is 0.833. The van der Waals surface area contributed by atoms with Crippen LogP contribution in [-0.4, -0.2) is 24.8 Å². The van der Waals surface area contributed by atoms with Crippen LogP contribution in [0.15, 0.2) is 0 Å². The molecule has 0 bridgehead atoms. The molecule has 7 heavy (non-hydrogen) atoms. The van der Waals surface area contributed by atoms with Crippen molar-refractivity contribution in [3.63, 3.8) is 0 Å². The second-order valence-electron chi connectivity index (χ2n) is 2.89. The van der Waals surface area contributed by atoms with Gasteiger partial charge in [-0.3, -0.25) is 0 Å². The number of hydrogen-bond acceptors (Lipinski definition) is 0. The highest BCUT2D eigenvalue weighted by Gasteiger charge is 2.16. The Balaban J connectivity index is 2.89. The van der Waals surface area contributed by atoms with Gasteiger partial charge < -0.3 is 0 Å². The van der Waals surface area contributed by atoms with Gasteiger partial charge in [0.05, 0.1) is 0 Å². The van der Waals surface area contributed by atoms with Crippen LogP contribution in [0.25, 0.3) is 0 Å². The molecule has 0 saturated heterocycles. The highest BCUT2D eigenvalue weighted by molar-refractivity contribution is 7.76. The maximum absolute atomic E-state index is 2.42. The van der Waals surface area contributed by atoms with Gasteiger partial charge in [-0.15, -0.1) is 6.89 Å². The summed E-state index contributed by atoms with van der Waals surface area (Å²) in [5, 5.41) is 1.78. The van der Waals surface area contributed by atoms with Crippen LogP contribution in [0, 0.1) is 0 Å². The maximum atomic E-state index is 2.42. The lowest BCUT2D eigenvalue weighted by molar-refractivity contribution is 1.26. The van der Waals surface area contributed by atoms with Gasteiger partial charge in [-0.25, -0.2) is 0 Å². The molecule has 0 aromatic rings. The Labute approximate surface area is 45.9 Å². The third kappa shape index (κ3) is 0.770. The molecule has 0 saturated carbocycles. The van der Waals surface area contributed by atoms with Gasteiger partial charge in [0.25, 0.3) is 0 Å². The second-order valence-corrected chi connectivity index (χ2v) is 7.47. The molecule has 0 radical (unpaired) electrons. The van der Waals surface area contributed by atoms with E-state index in [0.29, 0.717) is 0 Å². The third-order valence-electron chi connectivity index (χ3n) is 2.07. The van der Waals surface area contributed by atoms with Crippen molar-refractivity contribution in [1.29, 1.82) is 0 Å². The predicted molar refractivity (Wildman–Crippen MR) is 38.9 cm³/mol. The predicted octanol–water partition coefficient (Wildman–Crippen LogP) is 1.86. The van der Waals surface area contributed by atoms with Crippen LogP contribution >= 0.6 is 6.89 Å². The van der Waals surface area contributed by atoms with Gasteiger partial charge in [0.1, 0.15) is 0 Å². The molecule has 1 aliphatic heterocycles. The van der Waals surface area contributed by atoms with Crippen molar-refractivity contribution in [2.45, 2.75) is 13.3 Å². The van der Waals surface area contributed by atoms with Gasteiger partial charge >= 0.3 is 0 Å². The summed E-state index contributed by atoms with van der Waals surface area (Å²) < 4.78 is 0. The summed E-state index contributed by atoms with van der Waals surface area (Å²) in [6.45, 7) is 6.76. The Bertz CT molecular complexity index is 127. The molecule has 1 heterocycles. The highest BCUT2D eigenvalue weighted by Crippen LogP contribution is 2.49. The lowest BCUT2D eigenvalue weighted by Gasteiger charge is -2.29. The van der Waals surface area contributed by atoms with E-state index in [1.54, 1.807) is 5.29 Å². The fourth-order valence-corrected chi connectivity index (χ4v) is 2.35. The lowest BCUT2D eigenvalue weighted by Crippen LogP contribution is -2.11. The van der Waals surface area contributed by atoms with Crippen LogP contribution in [0.2, 0.25) is 0 Å². The Morgan fingerprint density at radius 1 is 1.43 bits per heavy atom. The summed E-state index contributed by atoms with van der Waals surface area (Å²) in [5.41, 5.74) is 0. The zero-order valence-electron chi connectivity index (χ0n) is 5.36. The molecule has 0 aromatic heterocycles. The summed E-state index contributed by atoms with van der Waals surface area (Å²) in [7, 11) is 0. The third-order valence-corrected chi connectivity index (χ3v) is 5.70. The molecule has 0 nitrogen and oxygen atoms in total. The minimum absolute atomic E-state index is 0.390. The summed E-state index contributed by atoms with van der Waals surface area (Å²) in [5.74, 6) is 0. The monoisotopic (exact) mass is 116 g/mol. The van der Waals surface area contributed by atoms with Gasteiger partial charge in [-0.05, 0) is 32.8 Å². The first-order valence-electron chi connectivity index (χ1n) is 2.79. The quantitative estimate of drug-likeness (QED) is 0.424. The standard InChI is InChI=1S/C6H13P/c1-6-4-5-7(6,2)3/h4-5H2,1-3H3. The van der Waals surface area contributed by atoms with Crippen molar-refractivity contribution in [3.05, 3.63) is 0 Å². The minimum atomic E-state index is -0.390. The van der Waals surface area contributed by atoms with E-state index in [1.807, 2.05) is 0 Å².